The van der Waals surface area contributed by atoms with Gasteiger partial charge >= 0.3 is 0 Å². The van der Waals surface area contributed by atoms with E-state index in [1.807, 2.05) is 23.1 Å². The van der Waals surface area contributed by atoms with E-state index in [0.29, 0.717) is 25.6 Å². The monoisotopic (exact) mass is 301 g/mol. The molecule has 1 aliphatic heterocycles. The second-order valence-corrected chi connectivity index (χ2v) is 6.16. The Hall–Kier alpha value is -1.88. The summed E-state index contributed by atoms with van der Waals surface area (Å²) in [5.41, 5.74) is 2.16. The topological polar surface area (TPSA) is 47.4 Å². The van der Waals surface area contributed by atoms with Crippen molar-refractivity contribution in [1.82, 2.24) is 14.5 Å². The number of fused-ring (bicyclic) bond motifs is 1. The fraction of sp³-hybridized carbons (Fsp3) is 0.529. The van der Waals surface area contributed by atoms with Crippen molar-refractivity contribution in [2.45, 2.75) is 32.2 Å². The molecule has 0 aliphatic carbocycles. The van der Waals surface area contributed by atoms with Crippen LogP contribution >= 0.6 is 0 Å². The number of hydrogen-bond acceptors (Lipinski definition) is 3. The van der Waals surface area contributed by atoms with Crippen LogP contribution in [-0.4, -0.2) is 47.2 Å². The summed E-state index contributed by atoms with van der Waals surface area (Å²) in [7, 11) is 1.66. The molecule has 2 heterocycles. The van der Waals surface area contributed by atoms with E-state index in [0.717, 1.165) is 23.4 Å². The number of rotatable bonds is 5. The number of carbonyl (C=O) groups excluding carboxylic acids is 1. The van der Waals surface area contributed by atoms with E-state index in [-0.39, 0.29) is 11.8 Å². The van der Waals surface area contributed by atoms with Crippen LogP contribution in [0.25, 0.3) is 11.0 Å². The molecular formula is C17H23N3O2. The van der Waals surface area contributed by atoms with Crippen molar-refractivity contribution in [3.63, 3.8) is 0 Å². The maximum atomic E-state index is 12.2. The van der Waals surface area contributed by atoms with Crippen molar-refractivity contribution in [3.8, 4) is 0 Å². The van der Waals surface area contributed by atoms with Gasteiger partial charge in [-0.2, -0.15) is 0 Å². The first-order valence-corrected chi connectivity index (χ1v) is 7.85. The van der Waals surface area contributed by atoms with E-state index in [2.05, 4.69) is 24.5 Å². The predicted molar refractivity (Wildman–Crippen MR) is 85.9 cm³/mol. The lowest BCUT2D eigenvalue weighted by molar-refractivity contribution is -0.128. The molecule has 1 atom stereocenters. The summed E-state index contributed by atoms with van der Waals surface area (Å²) in [6, 6.07) is 8.51. The van der Waals surface area contributed by atoms with Crippen molar-refractivity contribution >= 4 is 16.9 Å². The van der Waals surface area contributed by atoms with Gasteiger partial charge in [0, 0.05) is 38.6 Å². The molecule has 118 valence electrons. The lowest BCUT2D eigenvalue weighted by atomic mass is 10.1. The lowest BCUT2D eigenvalue weighted by Gasteiger charge is -2.18. The Morgan fingerprint density at radius 1 is 1.36 bits per heavy atom. The number of aromatic nitrogens is 2. The molecule has 5 nitrogen and oxygen atoms in total. The summed E-state index contributed by atoms with van der Waals surface area (Å²) < 4.78 is 7.36. The summed E-state index contributed by atoms with van der Waals surface area (Å²) in [5.74, 6) is 1.40. The second-order valence-electron chi connectivity index (χ2n) is 6.16. The van der Waals surface area contributed by atoms with Crippen LogP contribution in [0, 0.1) is 0 Å². The molecule has 1 aromatic carbocycles. The van der Waals surface area contributed by atoms with E-state index in [9.17, 15) is 4.79 Å². The highest BCUT2D eigenvalue weighted by atomic mass is 16.5. The molecule has 0 bridgehead atoms. The van der Waals surface area contributed by atoms with Gasteiger partial charge < -0.3 is 14.2 Å². The molecule has 3 rings (SSSR count). The quantitative estimate of drug-likeness (QED) is 0.853. The molecular weight excluding hydrogens is 278 g/mol. The van der Waals surface area contributed by atoms with E-state index < -0.39 is 0 Å². The van der Waals surface area contributed by atoms with Gasteiger partial charge in [-0.05, 0) is 26.0 Å². The zero-order valence-electron chi connectivity index (χ0n) is 13.5. The molecule has 22 heavy (non-hydrogen) atoms. The average molecular weight is 301 g/mol. The SMILES string of the molecule is COCCN1CC(c2nc3ccccc3n2C(C)C)CC1=O. The van der Waals surface area contributed by atoms with Gasteiger partial charge in [-0.3, -0.25) is 4.79 Å². The molecule has 1 unspecified atom stereocenters. The number of benzene rings is 1. The number of nitrogens with zero attached hydrogens (tertiary/aromatic N) is 3. The molecule has 1 saturated heterocycles. The first-order chi connectivity index (χ1) is 10.6. The van der Waals surface area contributed by atoms with Gasteiger partial charge in [-0.1, -0.05) is 12.1 Å². The third-order valence-electron chi connectivity index (χ3n) is 4.28. The minimum absolute atomic E-state index is 0.166. The number of hydrogen-bond donors (Lipinski definition) is 0. The fourth-order valence-electron chi connectivity index (χ4n) is 3.26. The zero-order chi connectivity index (χ0) is 15.7. The second kappa shape index (κ2) is 6.08. The minimum Gasteiger partial charge on any atom is -0.383 e. The van der Waals surface area contributed by atoms with Gasteiger partial charge in [0.05, 0.1) is 17.6 Å². The van der Waals surface area contributed by atoms with Crippen LogP contribution in [0.3, 0.4) is 0 Å². The minimum atomic E-state index is 0.166. The van der Waals surface area contributed by atoms with Crippen LogP contribution < -0.4 is 0 Å². The highest BCUT2D eigenvalue weighted by Gasteiger charge is 2.34. The van der Waals surface area contributed by atoms with Crippen molar-refractivity contribution in [3.05, 3.63) is 30.1 Å². The molecule has 1 aromatic heterocycles. The van der Waals surface area contributed by atoms with Crippen molar-refractivity contribution in [2.24, 2.45) is 0 Å². The van der Waals surface area contributed by atoms with E-state index >= 15 is 0 Å². The zero-order valence-corrected chi connectivity index (χ0v) is 13.5. The van der Waals surface area contributed by atoms with Gasteiger partial charge in [0.2, 0.25) is 5.91 Å². The van der Waals surface area contributed by atoms with Gasteiger partial charge in [-0.15, -0.1) is 0 Å². The van der Waals surface area contributed by atoms with Crippen LogP contribution in [0.4, 0.5) is 0 Å². The standard InChI is InChI=1S/C17H23N3O2/c1-12(2)20-15-7-5-4-6-14(15)18-17(20)13-10-16(21)19(11-13)8-9-22-3/h4-7,12-13H,8-11H2,1-3H3. The van der Waals surface area contributed by atoms with Crippen molar-refractivity contribution < 1.29 is 9.53 Å². The molecule has 0 radical (unpaired) electrons. The lowest BCUT2D eigenvalue weighted by Crippen LogP contribution is -2.28. The fourth-order valence-corrected chi connectivity index (χ4v) is 3.26. The Bertz CT molecular complexity index is 678. The smallest absolute Gasteiger partial charge is 0.223 e. The third kappa shape index (κ3) is 2.61. The largest absolute Gasteiger partial charge is 0.383 e. The Balaban J connectivity index is 1.93. The molecule has 0 N–H and O–H groups in total. The summed E-state index contributed by atoms with van der Waals surface area (Å²) in [5, 5.41) is 0. The Morgan fingerprint density at radius 2 is 2.14 bits per heavy atom. The Kier molecular flexibility index (Phi) is 4.16. The Morgan fingerprint density at radius 3 is 2.86 bits per heavy atom. The van der Waals surface area contributed by atoms with Gasteiger partial charge in [-0.25, -0.2) is 4.98 Å². The number of likely N-dealkylation sites (tertiary alicyclic amines) is 1. The van der Waals surface area contributed by atoms with Crippen LogP contribution in [0.15, 0.2) is 24.3 Å². The van der Waals surface area contributed by atoms with Crippen molar-refractivity contribution in [2.75, 3.05) is 26.8 Å². The predicted octanol–water partition coefficient (Wildman–Crippen LogP) is 2.58. The van der Waals surface area contributed by atoms with E-state index in [4.69, 9.17) is 9.72 Å². The van der Waals surface area contributed by atoms with Gasteiger partial charge in [0.25, 0.3) is 0 Å². The maximum absolute atomic E-state index is 12.2. The molecule has 0 saturated carbocycles. The first-order valence-electron chi connectivity index (χ1n) is 7.85. The average Bonchev–Trinajstić information content (AvgIpc) is 3.05. The number of ether oxygens (including phenoxy) is 1. The molecule has 1 amide bonds. The molecule has 0 spiro atoms. The third-order valence-corrected chi connectivity index (χ3v) is 4.28. The summed E-state index contributed by atoms with van der Waals surface area (Å²) in [6.45, 7) is 6.30. The van der Waals surface area contributed by atoms with Crippen LogP contribution in [-0.2, 0) is 9.53 Å². The highest BCUT2D eigenvalue weighted by molar-refractivity contribution is 5.81. The number of imidazole rings is 1. The van der Waals surface area contributed by atoms with Crippen molar-refractivity contribution in [1.29, 1.82) is 0 Å². The normalized spacial score (nSPS) is 18.8. The molecule has 2 aromatic rings. The van der Waals surface area contributed by atoms with E-state index in [1.165, 1.54) is 0 Å². The maximum Gasteiger partial charge on any atom is 0.223 e. The van der Waals surface area contributed by atoms with Gasteiger partial charge in [0.1, 0.15) is 5.82 Å². The van der Waals surface area contributed by atoms with Crippen LogP contribution in [0.2, 0.25) is 0 Å². The van der Waals surface area contributed by atoms with Crippen LogP contribution in [0.1, 0.15) is 38.1 Å². The molecule has 1 fully saturated rings. The number of carbonyl (C=O) groups is 1. The Labute approximate surface area is 130 Å². The summed E-state index contributed by atoms with van der Waals surface area (Å²) in [4.78, 5) is 18.9. The molecule has 1 aliphatic rings. The van der Waals surface area contributed by atoms with Gasteiger partial charge in [0.15, 0.2) is 0 Å². The highest BCUT2D eigenvalue weighted by Crippen LogP contribution is 2.32. The summed E-state index contributed by atoms with van der Waals surface area (Å²) >= 11 is 0. The number of para-hydroxylation sites is 2. The summed E-state index contributed by atoms with van der Waals surface area (Å²) in [6.07, 6.45) is 0.541. The number of methoxy groups -OCH3 is 1. The van der Waals surface area contributed by atoms with Crippen LogP contribution in [0.5, 0.6) is 0 Å². The van der Waals surface area contributed by atoms with E-state index in [1.54, 1.807) is 7.11 Å². The molecule has 5 heteroatoms. The number of amides is 1. The first kappa shape index (κ1) is 15.0.